The van der Waals surface area contributed by atoms with Gasteiger partial charge in [-0.05, 0) is 31.4 Å². The highest BCUT2D eigenvalue weighted by Gasteiger charge is 2.31. The van der Waals surface area contributed by atoms with E-state index in [-0.39, 0.29) is 17.6 Å². The predicted molar refractivity (Wildman–Crippen MR) is 80.4 cm³/mol. The molecule has 0 atom stereocenters. The standard InChI is InChI=1S/C15H20N4O3/c1-2-4-13(20)16-8-9-18-15(21)19(11-6-7-11)14(17-18)12-5-3-10-22-12/h3,5,10-11H,2,4,6-9H2,1H3,(H,16,20). The second-order valence-corrected chi connectivity index (χ2v) is 5.51. The van der Waals surface area contributed by atoms with Gasteiger partial charge in [0.2, 0.25) is 11.7 Å². The zero-order valence-corrected chi connectivity index (χ0v) is 12.6. The van der Waals surface area contributed by atoms with E-state index in [1.807, 2.05) is 6.92 Å². The van der Waals surface area contributed by atoms with E-state index in [1.54, 1.807) is 23.0 Å². The minimum absolute atomic E-state index is 0.00318. The molecule has 0 saturated heterocycles. The molecule has 7 heteroatoms. The van der Waals surface area contributed by atoms with Crippen molar-refractivity contribution in [2.45, 2.75) is 45.2 Å². The maximum Gasteiger partial charge on any atom is 0.346 e. The summed E-state index contributed by atoms with van der Waals surface area (Å²) >= 11 is 0. The van der Waals surface area contributed by atoms with Crippen molar-refractivity contribution in [1.29, 1.82) is 0 Å². The van der Waals surface area contributed by atoms with Crippen molar-refractivity contribution in [3.63, 3.8) is 0 Å². The Bertz CT molecular complexity index is 695. The third-order valence-corrected chi connectivity index (χ3v) is 3.65. The number of nitrogens with zero attached hydrogens (tertiary/aromatic N) is 3. The monoisotopic (exact) mass is 304 g/mol. The first-order chi connectivity index (χ1) is 10.7. The molecule has 7 nitrogen and oxygen atoms in total. The van der Waals surface area contributed by atoms with Gasteiger partial charge in [0.15, 0.2) is 5.76 Å². The molecule has 1 N–H and O–H groups in total. The Hall–Kier alpha value is -2.31. The van der Waals surface area contributed by atoms with Gasteiger partial charge >= 0.3 is 5.69 Å². The van der Waals surface area contributed by atoms with Gasteiger partial charge in [-0.3, -0.25) is 9.36 Å². The van der Waals surface area contributed by atoms with Crippen LogP contribution in [0.25, 0.3) is 11.6 Å². The molecule has 1 aliphatic carbocycles. The van der Waals surface area contributed by atoms with E-state index in [0.29, 0.717) is 31.1 Å². The van der Waals surface area contributed by atoms with Crippen molar-refractivity contribution < 1.29 is 9.21 Å². The molecule has 0 bridgehead atoms. The van der Waals surface area contributed by atoms with E-state index in [1.165, 1.54) is 4.68 Å². The predicted octanol–water partition coefficient (Wildman–Crippen LogP) is 1.56. The molecule has 2 heterocycles. The maximum absolute atomic E-state index is 12.5. The summed E-state index contributed by atoms with van der Waals surface area (Å²) in [4.78, 5) is 23.9. The van der Waals surface area contributed by atoms with Crippen molar-refractivity contribution in [3.8, 4) is 11.6 Å². The first-order valence-corrected chi connectivity index (χ1v) is 7.70. The molecule has 1 saturated carbocycles. The van der Waals surface area contributed by atoms with E-state index in [9.17, 15) is 9.59 Å². The summed E-state index contributed by atoms with van der Waals surface area (Å²) in [5, 5.41) is 7.17. The van der Waals surface area contributed by atoms with Gasteiger partial charge in [-0.15, -0.1) is 5.10 Å². The smallest absolute Gasteiger partial charge is 0.346 e. The van der Waals surface area contributed by atoms with Gasteiger partial charge in [0, 0.05) is 19.0 Å². The Kier molecular flexibility index (Phi) is 4.13. The Morgan fingerprint density at radius 2 is 2.32 bits per heavy atom. The highest BCUT2D eigenvalue weighted by molar-refractivity contribution is 5.75. The quantitative estimate of drug-likeness (QED) is 0.841. The lowest BCUT2D eigenvalue weighted by Crippen LogP contribution is -2.32. The van der Waals surface area contributed by atoms with Crippen LogP contribution in [0.4, 0.5) is 0 Å². The normalized spacial score (nSPS) is 14.2. The van der Waals surface area contributed by atoms with Crippen LogP contribution >= 0.6 is 0 Å². The van der Waals surface area contributed by atoms with Gasteiger partial charge in [0.25, 0.3) is 0 Å². The van der Waals surface area contributed by atoms with Crippen LogP contribution in [0.3, 0.4) is 0 Å². The summed E-state index contributed by atoms with van der Waals surface area (Å²) in [6, 6.07) is 3.80. The average molecular weight is 304 g/mol. The van der Waals surface area contributed by atoms with Crippen molar-refractivity contribution >= 4 is 5.91 Å². The number of amides is 1. The van der Waals surface area contributed by atoms with Crippen LogP contribution in [0.2, 0.25) is 0 Å². The number of rotatable bonds is 7. The second kappa shape index (κ2) is 6.21. The molecule has 118 valence electrons. The fourth-order valence-electron chi connectivity index (χ4n) is 2.42. The number of aromatic nitrogens is 3. The number of carbonyl (C=O) groups excluding carboxylic acids is 1. The van der Waals surface area contributed by atoms with Crippen LogP contribution in [0, 0.1) is 0 Å². The molecule has 0 radical (unpaired) electrons. The molecule has 1 amide bonds. The number of carbonyl (C=O) groups is 1. The third kappa shape index (κ3) is 2.98. The van der Waals surface area contributed by atoms with Gasteiger partial charge in [0.05, 0.1) is 12.8 Å². The highest BCUT2D eigenvalue weighted by Crippen LogP contribution is 2.36. The summed E-state index contributed by atoms with van der Waals surface area (Å²) in [5.41, 5.74) is -0.140. The maximum atomic E-state index is 12.5. The van der Waals surface area contributed by atoms with E-state index in [0.717, 1.165) is 19.3 Å². The van der Waals surface area contributed by atoms with E-state index >= 15 is 0 Å². The Labute approximate surface area is 127 Å². The van der Waals surface area contributed by atoms with Crippen LogP contribution in [0.5, 0.6) is 0 Å². The molecule has 1 fully saturated rings. The molecular weight excluding hydrogens is 284 g/mol. The van der Waals surface area contributed by atoms with Gasteiger partial charge in [0.1, 0.15) is 0 Å². The van der Waals surface area contributed by atoms with Crippen LogP contribution in [-0.4, -0.2) is 26.8 Å². The topological polar surface area (TPSA) is 82.1 Å². The molecular formula is C15H20N4O3. The molecule has 3 rings (SSSR count). The van der Waals surface area contributed by atoms with Crippen molar-refractivity contribution in [2.24, 2.45) is 0 Å². The fourth-order valence-corrected chi connectivity index (χ4v) is 2.42. The summed E-state index contributed by atoms with van der Waals surface area (Å²) in [6.07, 6.45) is 4.87. The summed E-state index contributed by atoms with van der Waals surface area (Å²) in [5.74, 6) is 1.17. The number of hydrogen-bond acceptors (Lipinski definition) is 4. The lowest BCUT2D eigenvalue weighted by atomic mass is 10.3. The van der Waals surface area contributed by atoms with Gasteiger partial charge in [-0.25, -0.2) is 9.48 Å². The zero-order chi connectivity index (χ0) is 15.5. The third-order valence-electron chi connectivity index (χ3n) is 3.65. The first kappa shape index (κ1) is 14.6. The molecule has 2 aromatic heterocycles. The van der Waals surface area contributed by atoms with Gasteiger partial charge in [-0.2, -0.15) is 0 Å². The minimum Gasteiger partial charge on any atom is -0.461 e. The first-order valence-electron chi connectivity index (χ1n) is 7.70. The van der Waals surface area contributed by atoms with Crippen molar-refractivity contribution in [3.05, 3.63) is 28.9 Å². The van der Waals surface area contributed by atoms with E-state index < -0.39 is 0 Å². The summed E-state index contributed by atoms with van der Waals surface area (Å²) in [7, 11) is 0. The molecule has 1 aliphatic rings. The highest BCUT2D eigenvalue weighted by atomic mass is 16.3. The molecule has 0 unspecified atom stereocenters. The SMILES string of the molecule is CCCC(=O)NCCn1nc(-c2ccco2)n(C2CC2)c1=O. The number of hydrogen-bond donors (Lipinski definition) is 1. The molecule has 0 spiro atoms. The van der Waals surface area contributed by atoms with E-state index in [4.69, 9.17) is 4.42 Å². The average Bonchev–Trinajstić information content (AvgIpc) is 3.07. The Morgan fingerprint density at radius 1 is 1.50 bits per heavy atom. The van der Waals surface area contributed by atoms with Crippen LogP contribution in [0.1, 0.15) is 38.6 Å². The lowest BCUT2D eigenvalue weighted by molar-refractivity contribution is -0.121. The zero-order valence-electron chi connectivity index (χ0n) is 12.6. The van der Waals surface area contributed by atoms with Gasteiger partial charge in [-0.1, -0.05) is 6.92 Å². The summed E-state index contributed by atoms with van der Waals surface area (Å²) < 4.78 is 8.48. The largest absolute Gasteiger partial charge is 0.461 e. The minimum atomic E-state index is -0.140. The molecule has 22 heavy (non-hydrogen) atoms. The second-order valence-electron chi connectivity index (χ2n) is 5.51. The Morgan fingerprint density at radius 3 is 2.95 bits per heavy atom. The van der Waals surface area contributed by atoms with Gasteiger partial charge < -0.3 is 9.73 Å². The van der Waals surface area contributed by atoms with Crippen molar-refractivity contribution in [1.82, 2.24) is 19.7 Å². The van der Waals surface area contributed by atoms with Crippen LogP contribution in [0.15, 0.2) is 27.6 Å². The summed E-state index contributed by atoms with van der Waals surface area (Å²) in [6.45, 7) is 2.72. The van der Waals surface area contributed by atoms with E-state index in [2.05, 4.69) is 10.4 Å². The molecule has 2 aromatic rings. The molecule has 0 aliphatic heterocycles. The molecule has 0 aromatic carbocycles. The van der Waals surface area contributed by atoms with Crippen LogP contribution in [-0.2, 0) is 11.3 Å². The lowest BCUT2D eigenvalue weighted by Gasteiger charge is -2.03. The number of nitrogens with one attached hydrogen (secondary N) is 1. The van der Waals surface area contributed by atoms with Crippen LogP contribution < -0.4 is 11.0 Å². The fraction of sp³-hybridized carbons (Fsp3) is 0.533. The number of furan rings is 1. The van der Waals surface area contributed by atoms with Crippen molar-refractivity contribution in [2.75, 3.05) is 6.54 Å². The Balaban J connectivity index is 1.76.